The van der Waals surface area contributed by atoms with Gasteiger partial charge in [-0.3, -0.25) is 0 Å². The van der Waals surface area contributed by atoms with Crippen molar-refractivity contribution in [1.29, 1.82) is 0 Å². The molecule has 0 aromatic carbocycles. The van der Waals surface area contributed by atoms with E-state index in [1.54, 1.807) is 0 Å². The quantitative estimate of drug-likeness (QED) is 0.723. The lowest BCUT2D eigenvalue weighted by molar-refractivity contribution is 0.645. The van der Waals surface area contributed by atoms with Gasteiger partial charge in [-0.25, -0.2) is 4.98 Å². The second kappa shape index (κ2) is 6.56. The van der Waals surface area contributed by atoms with Gasteiger partial charge in [0.2, 0.25) is 5.95 Å². The Hall–Kier alpha value is -0.900. The van der Waals surface area contributed by atoms with Gasteiger partial charge in [-0.05, 0) is 12.7 Å². The van der Waals surface area contributed by atoms with E-state index in [2.05, 4.69) is 34.6 Å². The number of nitrogens with one attached hydrogen (secondary N) is 1. The summed E-state index contributed by atoms with van der Waals surface area (Å²) in [6, 6.07) is 0. The van der Waals surface area contributed by atoms with Gasteiger partial charge in [0.1, 0.15) is 0 Å². The molecule has 15 heavy (non-hydrogen) atoms. The SMILES string of the molecule is C=CCNc1nccn1CCC(C)SC. The molecular formula is C11H19N3S. The van der Waals surface area contributed by atoms with E-state index in [1.165, 1.54) is 6.42 Å². The fraction of sp³-hybridized carbons (Fsp3) is 0.545. The standard InChI is InChI=1S/C11H19N3S/c1-4-6-12-11-13-7-9-14(11)8-5-10(2)15-3/h4,7,9-10H,1,5-6,8H2,2-3H3,(H,12,13). The van der Waals surface area contributed by atoms with Crippen LogP contribution in [0.5, 0.6) is 0 Å². The maximum atomic E-state index is 4.25. The molecule has 1 N–H and O–H groups in total. The van der Waals surface area contributed by atoms with Gasteiger partial charge in [-0.15, -0.1) is 6.58 Å². The zero-order chi connectivity index (χ0) is 11.1. The third-order valence-electron chi connectivity index (χ3n) is 2.30. The molecule has 0 spiro atoms. The van der Waals surface area contributed by atoms with E-state index in [1.807, 2.05) is 30.2 Å². The number of aryl methyl sites for hydroxylation is 1. The summed E-state index contributed by atoms with van der Waals surface area (Å²) in [6.45, 7) is 7.70. The smallest absolute Gasteiger partial charge is 0.203 e. The summed E-state index contributed by atoms with van der Waals surface area (Å²) in [6.07, 6.45) is 8.99. The van der Waals surface area contributed by atoms with Crippen molar-refractivity contribution in [3.05, 3.63) is 25.0 Å². The average molecular weight is 225 g/mol. The first kappa shape index (κ1) is 12.2. The molecule has 0 radical (unpaired) electrons. The van der Waals surface area contributed by atoms with E-state index in [9.17, 15) is 0 Å². The summed E-state index contributed by atoms with van der Waals surface area (Å²) in [7, 11) is 0. The van der Waals surface area contributed by atoms with Crippen LogP contribution in [0.4, 0.5) is 5.95 Å². The minimum Gasteiger partial charge on any atom is -0.352 e. The Kier molecular flexibility index (Phi) is 5.32. The van der Waals surface area contributed by atoms with Crippen molar-refractivity contribution in [2.75, 3.05) is 18.1 Å². The molecule has 0 amide bonds. The van der Waals surface area contributed by atoms with Crippen LogP contribution < -0.4 is 5.32 Å². The van der Waals surface area contributed by atoms with E-state index >= 15 is 0 Å². The Labute approximate surface area is 96.0 Å². The summed E-state index contributed by atoms with van der Waals surface area (Å²) in [4.78, 5) is 4.25. The highest BCUT2D eigenvalue weighted by Crippen LogP contribution is 2.13. The van der Waals surface area contributed by atoms with Crippen molar-refractivity contribution in [2.24, 2.45) is 0 Å². The predicted octanol–water partition coefficient (Wildman–Crippen LogP) is 2.62. The maximum absolute atomic E-state index is 4.25. The number of thioether (sulfide) groups is 1. The molecule has 0 saturated carbocycles. The Morgan fingerprint density at radius 3 is 3.20 bits per heavy atom. The largest absolute Gasteiger partial charge is 0.352 e. The number of anilines is 1. The molecule has 1 rings (SSSR count). The Morgan fingerprint density at radius 2 is 2.53 bits per heavy atom. The van der Waals surface area contributed by atoms with Gasteiger partial charge in [0, 0.05) is 30.7 Å². The molecule has 1 atom stereocenters. The van der Waals surface area contributed by atoms with E-state index in [0.29, 0.717) is 5.25 Å². The zero-order valence-electron chi connectivity index (χ0n) is 9.44. The molecule has 0 bridgehead atoms. The lowest BCUT2D eigenvalue weighted by atomic mass is 10.3. The molecule has 1 unspecified atom stereocenters. The lowest BCUT2D eigenvalue weighted by Crippen LogP contribution is -2.09. The molecule has 0 saturated heterocycles. The summed E-state index contributed by atoms with van der Waals surface area (Å²) >= 11 is 1.90. The van der Waals surface area contributed by atoms with Crippen molar-refractivity contribution < 1.29 is 0 Å². The predicted molar refractivity (Wildman–Crippen MR) is 68.5 cm³/mol. The van der Waals surface area contributed by atoms with Gasteiger partial charge in [0.05, 0.1) is 0 Å². The van der Waals surface area contributed by atoms with Crippen molar-refractivity contribution in [3.8, 4) is 0 Å². The molecule has 84 valence electrons. The van der Waals surface area contributed by atoms with Crippen LogP contribution in [0.2, 0.25) is 0 Å². The average Bonchev–Trinajstić information content (AvgIpc) is 2.70. The molecule has 3 nitrogen and oxygen atoms in total. The molecular weight excluding hydrogens is 206 g/mol. The number of hydrogen-bond donors (Lipinski definition) is 1. The topological polar surface area (TPSA) is 29.9 Å². The van der Waals surface area contributed by atoms with E-state index in [0.717, 1.165) is 19.0 Å². The molecule has 4 heteroatoms. The van der Waals surface area contributed by atoms with Gasteiger partial charge in [0.25, 0.3) is 0 Å². The molecule has 0 aliphatic heterocycles. The summed E-state index contributed by atoms with van der Waals surface area (Å²) in [5, 5.41) is 3.91. The molecule has 1 aromatic rings. The Balaban J connectivity index is 2.45. The van der Waals surface area contributed by atoms with Crippen LogP contribution in [0.1, 0.15) is 13.3 Å². The third-order valence-corrected chi connectivity index (χ3v) is 3.34. The molecule has 0 aliphatic carbocycles. The second-order valence-electron chi connectivity index (χ2n) is 3.45. The number of hydrogen-bond acceptors (Lipinski definition) is 3. The number of rotatable bonds is 7. The van der Waals surface area contributed by atoms with Gasteiger partial charge < -0.3 is 9.88 Å². The van der Waals surface area contributed by atoms with E-state index < -0.39 is 0 Å². The first-order chi connectivity index (χ1) is 7.27. The lowest BCUT2D eigenvalue weighted by Gasteiger charge is -2.11. The normalized spacial score (nSPS) is 12.4. The van der Waals surface area contributed by atoms with Crippen LogP contribution in [0.3, 0.4) is 0 Å². The first-order valence-electron chi connectivity index (χ1n) is 5.16. The number of imidazole rings is 1. The summed E-state index contributed by atoms with van der Waals surface area (Å²) in [5.74, 6) is 0.934. The fourth-order valence-corrected chi connectivity index (χ4v) is 1.60. The summed E-state index contributed by atoms with van der Waals surface area (Å²) in [5.41, 5.74) is 0. The Bertz CT molecular complexity index is 296. The fourth-order valence-electron chi connectivity index (χ4n) is 1.26. The molecule has 1 heterocycles. The van der Waals surface area contributed by atoms with Crippen molar-refractivity contribution >= 4 is 17.7 Å². The van der Waals surface area contributed by atoms with Gasteiger partial charge >= 0.3 is 0 Å². The maximum Gasteiger partial charge on any atom is 0.203 e. The highest BCUT2D eigenvalue weighted by Gasteiger charge is 2.03. The number of nitrogens with zero attached hydrogens (tertiary/aromatic N) is 2. The van der Waals surface area contributed by atoms with Crippen LogP contribution in [0, 0.1) is 0 Å². The van der Waals surface area contributed by atoms with Crippen LogP contribution in [0.25, 0.3) is 0 Å². The highest BCUT2D eigenvalue weighted by atomic mass is 32.2. The van der Waals surface area contributed by atoms with Crippen molar-refractivity contribution in [3.63, 3.8) is 0 Å². The Morgan fingerprint density at radius 1 is 1.73 bits per heavy atom. The summed E-state index contributed by atoms with van der Waals surface area (Å²) < 4.78 is 2.15. The van der Waals surface area contributed by atoms with Gasteiger partial charge in [0.15, 0.2) is 0 Å². The highest BCUT2D eigenvalue weighted by molar-refractivity contribution is 7.99. The van der Waals surface area contributed by atoms with Crippen LogP contribution in [0.15, 0.2) is 25.0 Å². The van der Waals surface area contributed by atoms with Crippen molar-refractivity contribution in [2.45, 2.75) is 25.1 Å². The number of aromatic nitrogens is 2. The first-order valence-corrected chi connectivity index (χ1v) is 6.45. The van der Waals surface area contributed by atoms with Gasteiger partial charge in [-0.2, -0.15) is 11.8 Å². The van der Waals surface area contributed by atoms with E-state index in [4.69, 9.17) is 0 Å². The minimum absolute atomic E-state index is 0.694. The van der Waals surface area contributed by atoms with Crippen LogP contribution in [-0.2, 0) is 6.54 Å². The molecule has 0 aliphatic rings. The van der Waals surface area contributed by atoms with E-state index in [-0.39, 0.29) is 0 Å². The zero-order valence-corrected chi connectivity index (χ0v) is 10.3. The van der Waals surface area contributed by atoms with Crippen LogP contribution in [-0.4, -0.2) is 27.6 Å². The molecule has 0 fully saturated rings. The third kappa shape index (κ3) is 4.00. The van der Waals surface area contributed by atoms with Gasteiger partial charge in [-0.1, -0.05) is 13.0 Å². The minimum atomic E-state index is 0.694. The molecule has 1 aromatic heterocycles. The monoisotopic (exact) mass is 225 g/mol. The second-order valence-corrected chi connectivity index (χ2v) is 4.72. The van der Waals surface area contributed by atoms with Crippen LogP contribution >= 0.6 is 11.8 Å². The van der Waals surface area contributed by atoms with Crippen molar-refractivity contribution in [1.82, 2.24) is 9.55 Å².